The Morgan fingerprint density at radius 1 is 1.28 bits per heavy atom. The first-order chi connectivity index (χ1) is 8.44. The average Bonchev–Trinajstić information content (AvgIpc) is 2.65. The van der Waals surface area contributed by atoms with E-state index in [9.17, 15) is 18.0 Å². The van der Waals surface area contributed by atoms with Gasteiger partial charge in [-0.1, -0.05) is 18.2 Å². The third-order valence-corrected chi connectivity index (χ3v) is 3.44. The molecule has 2 aliphatic heterocycles. The van der Waals surface area contributed by atoms with E-state index in [1.807, 2.05) is 0 Å². The van der Waals surface area contributed by atoms with Crippen LogP contribution in [-0.4, -0.2) is 22.7 Å². The van der Waals surface area contributed by atoms with Gasteiger partial charge in [0.25, 0.3) is 5.72 Å². The van der Waals surface area contributed by atoms with Crippen LogP contribution in [0.15, 0.2) is 24.3 Å². The van der Waals surface area contributed by atoms with Crippen molar-refractivity contribution < 1.29 is 22.7 Å². The molecule has 1 fully saturated rings. The third-order valence-electron chi connectivity index (χ3n) is 3.44. The number of carbonyl (C=O) groups is 1. The molecular formula is C12H10F3NO2. The van der Waals surface area contributed by atoms with Crippen molar-refractivity contribution in [3.05, 3.63) is 29.8 Å². The monoisotopic (exact) mass is 257 g/mol. The Hall–Kier alpha value is -1.72. The van der Waals surface area contributed by atoms with E-state index >= 15 is 0 Å². The molecule has 1 aromatic carbocycles. The van der Waals surface area contributed by atoms with Crippen LogP contribution in [0.25, 0.3) is 0 Å². The highest BCUT2D eigenvalue weighted by molar-refractivity contribution is 5.80. The fourth-order valence-corrected chi connectivity index (χ4v) is 2.51. The highest BCUT2D eigenvalue weighted by Gasteiger charge is 2.67. The lowest BCUT2D eigenvalue weighted by molar-refractivity contribution is -0.296. The van der Waals surface area contributed by atoms with Gasteiger partial charge in [0.2, 0.25) is 5.91 Å². The van der Waals surface area contributed by atoms with Crippen molar-refractivity contribution in [2.24, 2.45) is 0 Å². The van der Waals surface area contributed by atoms with E-state index in [1.54, 1.807) is 18.2 Å². The first-order valence-corrected chi connectivity index (χ1v) is 5.58. The predicted octanol–water partition coefficient (Wildman–Crippen LogP) is 2.46. The average molecular weight is 257 g/mol. The molecule has 1 unspecified atom stereocenters. The van der Waals surface area contributed by atoms with Gasteiger partial charge < -0.3 is 4.74 Å². The number of hydrogen-bond acceptors (Lipinski definition) is 2. The minimum atomic E-state index is -4.59. The summed E-state index contributed by atoms with van der Waals surface area (Å²) >= 11 is 0. The Morgan fingerprint density at radius 3 is 2.72 bits per heavy atom. The zero-order valence-corrected chi connectivity index (χ0v) is 9.33. The van der Waals surface area contributed by atoms with E-state index in [0.717, 1.165) is 4.90 Å². The van der Waals surface area contributed by atoms with Crippen LogP contribution >= 0.6 is 0 Å². The maximum absolute atomic E-state index is 13.2. The maximum atomic E-state index is 13.2. The number of fused-ring (bicyclic) bond motifs is 2. The number of benzene rings is 1. The van der Waals surface area contributed by atoms with Gasteiger partial charge in [-0.3, -0.25) is 9.69 Å². The summed E-state index contributed by atoms with van der Waals surface area (Å²) in [5, 5.41) is 0. The van der Waals surface area contributed by atoms with Gasteiger partial charge in [0.05, 0.1) is 6.54 Å². The van der Waals surface area contributed by atoms with E-state index in [0.29, 0.717) is 5.56 Å². The summed E-state index contributed by atoms with van der Waals surface area (Å²) in [4.78, 5) is 12.4. The predicted molar refractivity (Wildman–Crippen MR) is 55.6 cm³/mol. The molecule has 0 aliphatic carbocycles. The lowest BCUT2D eigenvalue weighted by atomic mass is 10.1. The van der Waals surface area contributed by atoms with Crippen LogP contribution in [0.3, 0.4) is 0 Å². The minimum absolute atomic E-state index is 0.0471. The highest BCUT2D eigenvalue weighted by Crippen LogP contribution is 2.49. The molecule has 0 aromatic heterocycles. The van der Waals surface area contributed by atoms with Crippen LogP contribution in [0.4, 0.5) is 13.2 Å². The Morgan fingerprint density at radius 2 is 2.00 bits per heavy atom. The highest BCUT2D eigenvalue weighted by atomic mass is 19.4. The lowest BCUT2D eigenvalue weighted by Crippen LogP contribution is -2.61. The van der Waals surface area contributed by atoms with Gasteiger partial charge in [-0.2, -0.15) is 13.2 Å². The zero-order chi connectivity index (χ0) is 13.0. The molecule has 2 heterocycles. The van der Waals surface area contributed by atoms with E-state index in [1.165, 1.54) is 6.07 Å². The van der Waals surface area contributed by atoms with Crippen LogP contribution in [-0.2, 0) is 11.3 Å². The molecule has 96 valence electrons. The number of halogens is 3. The normalized spacial score (nSPS) is 26.6. The fourth-order valence-electron chi connectivity index (χ4n) is 2.51. The standard InChI is InChI=1S/C12H10F3NO2/c13-12(14,15)11-6-5-10(17)16(11)7-8-3-1-2-4-9(8)18-11/h1-4H,5-7H2. The molecule has 0 saturated carbocycles. The Bertz CT molecular complexity index is 514. The second-order valence-corrected chi connectivity index (χ2v) is 4.47. The quantitative estimate of drug-likeness (QED) is 0.714. The molecule has 0 radical (unpaired) electrons. The Balaban J connectivity index is 2.11. The minimum Gasteiger partial charge on any atom is -0.458 e. The van der Waals surface area contributed by atoms with Crippen molar-refractivity contribution in [3.63, 3.8) is 0 Å². The summed E-state index contributed by atoms with van der Waals surface area (Å²) in [6, 6.07) is 6.50. The number of carbonyl (C=O) groups excluding carboxylic acids is 1. The van der Waals surface area contributed by atoms with Crippen molar-refractivity contribution in [3.8, 4) is 5.75 Å². The third kappa shape index (κ3) is 1.34. The molecule has 6 heteroatoms. The van der Waals surface area contributed by atoms with E-state index in [4.69, 9.17) is 4.74 Å². The number of ether oxygens (including phenoxy) is 1. The first kappa shape index (κ1) is 11.4. The van der Waals surface area contributed by atoms with Crippen molar-refractivity contribution in [1.82, 2.24) is 4.90 Å². The second kappa shape index (κ2) is 3.40. The van der Waals surface area contributed by atoms with Crippen molar-refractivity contribution >= 4 is 5.91 Å². The van der Waals surface area contributed by atoms with Crippen molar-refractivity contribution in [2.45, 2.75) is 31.3 Å². The molecule has 18 heavy (non-hydrogen) atoms. The molecule has 0 spiro atoms. The first-order valence-electron chi connectivity index (χ1n) is 5.58. The van der Waals surface area contributed by atoms with Gasteiger partial charge in [-0.05, 0) is 6.07 Å². The number of alkyl halides is 3. The molecule has 1 aromatic rings. The van der Waals surface area contributed by atoms with Crippen LogP contribution < -0.4 is 4.74 Å². The summed E-state index contributed by atoms with van der Waals surface area (Å²) in [6.07, 6.45) is -5.07. The van der Waals surface area contributed by atoms with Gasteiger partial charge in [0, 0.05) is 18.4 Å². The summed E-state index contributed by atoms with van der Waals surface area (Å²) in [5.74, 6) is -0.303. The van der Waals surface area contributed by atoms with Gasteiger partial charge in [-0.15, -0.1) is 0 Å². The SMILES string of the molecule is O=C1CCC2(C(F)(F)F)Oc3ccccc3CN12. The largest absolute Gasteiger partial charge is 0.458 e. The molecule has 3 rings (SSSR count). The van der Waals surface area contributed by atoms with Crippen molar-refractivity contribution in [2.75, 3.05) is 0 Å². The van der Waals surface area contributed by atoms with Crippen LogP contribution in [0.1, 0.15) is 18.4 Å². The van der Waals surface area contributed by atoms with Gasteiger partial charge in [-0.25, -0.2) is 0 Å². The molecule has 0 N–H and O–H groups in total. The molecule has 1 atom stereocenters. The smallest absolute Gasteiger partial charge is 0.448 e. The summed E-state index contributed by atoms with van der Waals surface area (Å²) in [6.45, 7) is -0.0471. The van der Waals surface area contributed by atoms with Gasteiger partial charge in [0.15, 0.2) is 0 Å². The number of para-hydroxylation sites is 1. The van der Waals surface area contributed by atoms with E-state index < -0.39 is 17.8 Å². The molecule has 1 amide bonds. The Labute approximate surface area is 101 Å². The van der Waals surface area contributed by atoms with Crippen LogP contribution in [0, 0.1) is 0 Å². The van der Waals surface area contributed by atoms with Crippen molar-refractivity contribution in [1.29, 1.82) is 0 Å². The second-order valence-electron chi connectivity index (χ2n) is 4.47. The van der Waals surface area contributed by atoms with E-state index in [2.05, 4.69) is 0 Å². The van der Waals surface area contributed by atoms with Crippen LogP contribution in [0.2, 0.25) is 0 Å². The lowest BCUT2D eigenvalue weighted by Gasteiger charge is -2.43. The van der Waals surface area contributed by atoms with Gasteiger partial charge in [0.1, 0.15) is 5.75 Å². The number of nitrogens with zero attached hydrogens (tertiary/aromatic N) is 1. The summed E-state index contributed by atoms with van der Waals surface area (Å²) in [5.41, 5.74) is -1.87. The molecule has 3 nitrogen and oxygen atoms in total. The number of hydrogen-bond donors (Lipinski definition) is 0. The van der Waals surface area contributed by atoms with Crippen LogP contribution in [0.5, 0.6) is 5.75 Å². The topological polar surface area (TPSA) is 29.5 Å². The molecule has 2 aliphatic rings. The fraction of sp³-hybridized carbons (Fsp3) is 0.417. The maximum Gasteiger partial charge on any atom is 0.448 e. The summed E-state index contributed by atoms with van der Waals surface area (Å²) in [7, 11) is 0. The zero-order valence-electron chi connectivity index (χ0n) is 9.33. The molecule has 0 bridgehead atoms. The number of amides is 1. The molecular weight excluding hydrogens is 247 g/mol. The number of rotatable bonds is 0. The Kier molecular flexibility index (Phi) is 2.15. The molecule has 1 saturated heterocycles. The van der Waals surface area contributed by atoms with E-state index in [-0.39, 0.29) is 25.1 Å². The summed E-state index contributed by atoms with van der Waals surface area (Å²) < 4.78 is 44.9. The van der Waals surface area contributed by atoms with Gasteiger partial charge >= 0.3 is 6.18 Å².